The lowest BCUT2D eigenvalue weighted by molar-refractivity contribution is -0.121. The monoisotopic (exact) mass is 404 g/mol. The number of H-pyrrole nitrogens is 1. The molecule has 0 radical (unpaired) electrons. The summed E-state index contributed by atoms with van der Waals surface area (Å²) in [5, 5.41) is 5.33. The van der Waals surface area contributed by atoms with Crippen LogP contribution in [0.4, 0.5) is 0 Å². The van der Waals surface area contributed by atoms with Crippen LogP contribution < -0.4 is 5.32 Å². The van der Waals surface area contributed by atoms with Crippen LogP contribution in [0.25, 0.3) is 10.9 Å². The number of hydrogen-bond donors (Lipinski definition) is 2. The molecule has 0 saturated carbocycles. The van der Waals surface area contributed by atoms with Gasteiger partial charge in [0, 0.05) is 59.7 Å². The van der Waals surface area contributed by atoms with E-state index in [1.54, 1.807) is 13.2 Å². The Labute approximate surface area is 168 Å². The van der Waals surface area contributed by atoms with Crippen LogP contribution in [0.15, 0.2) is 48.7 Å². The molecule has 2 aromatic carbocycles. The Morgan fingerprint density at radius 1 is 1.19 bits per heavy atom. The number of fused-ring (bicyclic) bond motifs is 1. The molecule has 0 bridgehead atoms. The van der Waals surface area contributed by atoms with Crippen molar-refractivity contribution in [2.75, 3.05) is 20.3 Å². The van der Waals surface area contributed by atoms with Crippen LogP contribution in [0, 0.1) is 0 Å². The third kappa shape index (κ3) is 4.83. The Bertz CT molecular complexity index is 923. The van der Waals surface area contributed by atoms with Crippen molar-refractivity contribution in [3.63, 3.8) is 0 Å². The third-order valence-electron chi connectivity index (χ3n) is 4.59. The zero-order valence-corrected chi connectivity index (χ0v) is 16.6. The number of ether oxygens (including phenoxy) is 1. The number of amides is 1. The van der Waals surface area contributed by atoms with Crippen molar-refractivity contribution in [1.29, 1.82) is 0 Å². The van der Waals surface area contributed by atoms with Crippen LogP contribution in [0.3, 0.4) is 0 Å². The van der Waals surface area contributed by atoms with Crippen molar-refractivity contribution < 1.29 is 9.53 Å². The van der Waals surface area contributed by atoms with Crippen molar-refractivity contribution >= 4 is 40.0 Å². The minimum absolute atomic E-state index is 0.00183. The van der Waals surface area contributed by atoms with Gasteiger partial charge in [-0.05, 0) is 35.7 Å². The fourth-order valence-electron chi connectivity index (χ4n) is 3.24. The quantitative estimate of drug-likeness (QED) is 0.510. The zero-order chi connectivity index (χ0) is 19.2. The Morgan fingerprint density at radius 3 is 2.78 bits per heavy atom. The second kappa shape index (κ2) is 9.27. The van der Waals surface area contributed by atoms with Crippen LogP contribution >= 0.6 is 23.2 Å². The van der Waals surface area contributed by atoms with E-state index in [1.807, 2.05) is 36.5 Å². The van der Waals surface area contributed by atoms with Gasteiger partial charge in [-0.25, -0.2) is 0 Å². The van der Waals surface area contributed by atoms with E-state index in [9.17, 15) is 4.79 Å². The summed E-state index contributed by atoms with van der Waals surface area (Å²) >= 11 is 12.6. The standard InChI is InChI=1S/C21H22Cl2N2O2/c1-27-10-4-7-21(26)25-13-17(15-9-8-14(22)11-19(15)23)18-12-24-20-6-3-2-5-16(18)20/h2-3,5-6,8-9,11-12,17,24H,4,7,10,13H2,1H3,(H,25,26). The second-order valence-electron chi connectivity index (χ2n) is 6.41. The van der Waals surface area contributed by atoms with E-state index in [1.165, 1.54) is 0 Å². The van der Waals surface area contributed by atoms with Gasteiger partial charge in [-0.1, -0.05) is 47.5 Å². The van der Waals surface area contributed by atoms with Gasteiger partial charge in [-0.2, -0.15) is 0 Å². The van der Waals surface area contributed by atoms with Gasteiger partial charge in [-0.3, -0.25) is 4.79 Å². The minimum atomic E-state index is -0.0858. The first kappa shape index (κ1) is 19.7. The van der Waals surface area contributed by atoms with Gasteiger partial charge in [0.2, 0.25) is 5.91 Å². The van der Waals surface area contributed by atoms with Gasteiger partial charge in [0.15, 0.2) is 0 Å². The Kier molecular flexibility index (Phi) is 6.78. The van der Waals surface area contributed by atoms with Gasteiger partial charge < -0.3 is 15.0 Å². The molecule has 1 heterocycles. The predicted octanol–water partition coefficient (Wildman–Crippen LogP) is 5.15. The first-order valence-electron chi connectivity index (χ1n) is 8.86. The Balaban J connectivity index is 1.88. The lowest BCUT2D eigenvalue weighted by atomic mass is 9.90. The first-order valence-corrected chi connectivity index (χ1v) is 9.62. The molecule has 1 aromatic heterocycles. The van der Waals surface area contributed by atoms with Gasteiger partial charge >= 0.3 is 0 Å². The third-order valence-corrected chi connectivity index (χ3v) is 5.15. The molecule has 0 aliphatic heterocycles. The van der Waals surface area contributed by atoms with E-state index in [2.05, 4.69) is 16.4 Å². The SMILES string of the molecule is COCCCC(=O)NCC(c1ccc(Cl)cc1Cl)c1c[nH]c2ccccc12. The summed E-state index contributed by atoms with van der Waals surface area (Å²) in [4.78, 5) is 15.5. The number of benzene rings is 2. The molecule has 3 aromatic rings. The molecular weight excluding hydrogens is 383 g/mol. The van der Waals surface area contributed by atoms with E-state index in [0.717, 1.165) is 22.0 Å². The van der Waals surface area contributed by atoms with Gasteiger partial charge in [0.25, 0.3) is 0 Å². The summed E-state index contributed by atoms with van der Waals surface area (Å²) in [7, 11) is 1.63. The maximum atomic E-state index is 12.2. The highest BCUT2D eigenvalue weighted by Crippen LogP contribution is 2.35. The van der Waals surface area contributed by atoms with Crippen LogP contribution in [0.2, 0.25) is 10.0 Å². The molecule has 4 nitrogen and oxygen atoms in total. The van der Waals surface area contributed by atoms with Crippen molar-refractivity contribution in [1.82, 2.24) is 10.3 Å². The highest BCUT2D eigenvalue weighted by molar-refractivity contribution is 6.35. The summed E-state index contributed by atoms with van der Waals surface area (Å²) in [6, 6.07) is 13.6. The molecular formula is C21H22Cl2N2O2. The molecule has 0 aliphatic carbocycles. The number of para-hydroxylation sites is 1. The van der Waals surface area contributed by atoms with Crippen molar-refractivity contribution in [3.05, 3.63) is 69.8 Å². The number of hydrogen-bond acceptors (Lipinski definition) is 2. The molecule has 0 fully saturated rings. The molecule has 1 unspecified atom stereocenters. The molecule has 2 N–H and O–H groups in total. The smallest absolute Gasteiger partial charge is 0.220 e. The zero-order valence-electron chi connectivity index (χ0n) is 15.1. The number of carbonyl (C=O) groups excluding carboxylic acids is 1. The average molecular weight is 405 g/mol. The summed E-state index contributed by atoms with van der Waals surface area (Å²) in [6.07, 6.45) is 3.11. The number of nitrogens with one attached hydrogen (secondary N) is 2. The molecule has 27 heavy (non-hydrogen) atoms. The maximum Gasteiger partial charge on any atom is 0.220 e. The van der Waals surface area contributed by atoms with E-state index in [-0.39, 0.29) is 11.8 Å². The van der Waals surface area contributed by atoms with Crippen molar-refractivity contribution in [2.24, 2.45) is 0 Å². The summed E-state index contributed by atoms with van der Waals surface area (Å²) in [5.41, 5.74) is 3.07. The molecule has 0 spiro atoms. The number of carbonyl (C=O) groups is 1. The molecule has 0 saturated heterocycles. The Hall–Kier alpha value is -2.01. The molecule has 6 heteroatoms. The van der Waals surface area contributed by atoms with E-state index >= 15 is 0 Å². The number of rotatable bonds is 8. The van der Waals surface area contributed by atoms with E-state index in [0.29, 0.717) is 36.0 Å². The van der Waals surface area contributed by atoms with E-state index in [4.69, 9.17) is 27.9 Å². The topological polar surface area (TPSA) is 54.1 Å². The summed E-state index contributed by atoms with van der Waals surface area (Å²) in [5.74, 6) is -0.0840. The van der Waals surface area contributed by atoms with Crippen LogP contribution in [0.5, 0.6) is 0 Å². The molecule has 3 rings (SSSR count). The molecule has 0 aliphatic rings. The number of halogens is 2. The van der Waals surface area contributed by atoms with Gasteiger partial charge in [0.05, 0.1) is 0 Å². The number of aromatic amines is 1. The fourth-order valence-corrected chi connectivity index (χ4v) is 3.78. The minimum Gasteiger partial charge on any atom is -0.385 e. The highest BCUT2D eigenvalue weighted by Gasteiger charge is 2.21. The molecule has 1 atom stereocenters. The highest BCUT2D eigenvalue weighted by atomic mass is 35.5. The number of methoxy groups -OCH3 is 1. The first-order chi connectivity index (χ1) is 13.1. The largest absolute Gasteiger partial charge is 0.385 e. The lowest BCUT2D eigenvalue weighted by Gasteiger charge is -2.20. The maximum absolute atomic E-state index is 12.2. The van der Waals surface area contributed by atoms with Crippen molar-refractivity contribution in [2.45, 2.75) is 18.8 Å². The van der Waals surface area contributed by atoms with Crippen LogP contribution in [-0.4, -0.2) is 31.2 Å². The molecule has 142 valence electrons. The number of aromatic nitrogens is 1. The van der Waals surface area contributed by atoms with E-state index < -0.39 is 0 Å². The normalized spacial score (nSPS) is 12.3. The van der Waals surface area contributed by atoms with Crippen molar-refractivity contribution in [3.8, 4) is 0 Å². The predicted molar refractivity (Wildman–Crippen MR) is 111 cm³/mol. The average Bonchev–Trinajstić information content (AvgIpc) is 3.08. The van der Waals surface area contributed by atoms with Gasteiger partial charge in [-0.15, -0.1) is 0 Å². The fraction of sp³-hybridized carbons (Fsp3) is 0.286. The second-order valence-corrected chi connectivity index (χ2v) is 7.25. The van der Waals surface area contributed by atoms with Gasteiger partial charge in [0.1, 0.15) is 0 Å². The summed E-state index contributed by atoms with van der Waals surface area (Å²) < 4.78 is 5.01. The lowest BCUT2D eigenvalue weighted by Crippen LogP contribution is -2.29. The van der Waals surface area contributed by atoms with Crippen LogP contribution in [0.1, 0.15) is 29.9 Å². The molecule has 1 amide bonds. The van der Waals surface area contributed by atoms with Crippen LogP contribution in [-0.2, 0) is 9.53 Å². The summed E-state index contributed by atoms with van der Waals surface area (Å²) in [6.45, 7) is 1.03. The Morgan fingerprint density at radius 2 is 2.00 bits per heavy atom.